The predicted octanol–water partition coefficient (Wildman–Crippen LogP) is 12.1. The highest BCUT2D eigenvalue weighted by atomic mass is 14.6. The number of pyridine rings is 1. The molecule has 0 radical (unpaired) electrons. The molecule has 0 aliphatic carbocycles. The van der Waals surface area contributed by atoms with Crippen LogP contribution >= 0.6 is 0 Å². The van der Waals surface area contributed by atoms with E-state index in [1.54, 1.807) is 0 Å². The van der Waals surface area contributed by atoms with Gasteiger partial charge in [0.25, 0.3) is 0 Å². The molecule has 0 aliphatic heterocycles. The summed E-state index contributed by atoms with van der Waals surface area (Å²) in [6, 6.07) is 45.9. The summed E-state index contributed by atoms with van der Waals surface area (Å²) >= 11 is 0. The van der Waals surface area contributed by atoms with Crippen molar-refractivity contribution in [3.8, 4) is 22.3 Å². The number of rotatable bonds is 6. The molecule has 0 atom stereocenters. The number of benzene rings is 7. The standard InChI is InChI=1S/C44H31N/c1-3-29(31-13-7-5-8-14-31)25-30(4-2)35-21-23-41-40-20-12-18-38-36(34-26-33(27-45-28-34)32-15-9-6-10-16-32)22-24-42(44(38)40)39-19-11-17-37(35)43(39)41/h3-28H,1H2,2H3/b29-25+,30-4+. The van der Waals surface area contributed by atoms with Gasteiger partial charge in [-0.15, -0.1) is 0 Å². The fourth-order valence-corrected chi connectivity index (χ4v) is 6.97. The van der Waals surface area contributed by atoms with Crippen molar-refractivity contribution in [1.29, 1.82) is 0 Å². The summed E-state index contributed by atoms with van der Waals surface area (Å²) in [5, 5.41) is 10.2. The van der Waals surface area contributed by atoms with Crippen LogP contribution in [0.3, 0.4) is 0 Å². The molecule has 0 unspecified atom stereocenters. The normalized spacial score (nSPS) is 12.5. The van der Waals surface area contributed by atoms with Gasteiger partial charge in [-0.25, -0.2) is 0 Å². The fourth-order valence-electron chi connectivity index (χ4n) is 6.97. The summed E-state index contributed by atoms with van der Waals surface area (Å²) in [4.78, 5) is 4.65. The molecular formula is C44H31N. The van der Waals surface area contributed by atoms with Gasteiger partial charge in [0.05, 0.1) is 0 Å². The predicted molar refractivity (Wildman–Crippen MR) is 195 cm³/mol. The Bertz CT molecular complexity index is 2410. The van der Waals surface area contributed by atoms with Gasteiger partial charge in [-0.3, -0.25) is 4.98 Å². The largest absolute Gasteiger partial charge is 0.263 e. The van der Waals surface area contributed by atoms with Crippen molar-refractivity contribution in [2.45, 2.75) is 6.92 Å². The van der Waals surface area contributed by atoms with Crippen molar-refractivity contribution >= 4 is 54.2 Å². The number of nitrogens with zero attached hydrogens (tertiary/aromatic N) is 1. The summed E-state index contributed by atoms with van der Waals surface area (Å²) in [7, 11) is 0. The average molecular weight is 574 g/mol. The van der Waals surface area contributed by atoms with Crippen LogP contribution in [0.25, 0.3) is 76.5 Å². The first-order valence-corrected chi connectivity index (χ1v) is 15.4. The highest BCUT2D eigenvalue weighted by Crippen LogP contribution is 2.44. The van der Waals surface area contributed by atoms with E-state index in [1.807, 2.05) is 30.6 Å². The highest BCUT2D eigenvalue weighted by Gasteiger charge is 2.17. The Morgan fingerprint density at radius 2 is 1.13 bits per heavy atom. The van der Waals surface area contributed by atoms with Gasteiger partial charge in [-0.1, -0.05) is 140 Å². The van der Waals surface area contributed by atoms with Gasteiger partial charge in [0.2, 0.25) is 0 Å². The Balaban J connectivity index is 1.35. The molecule has 0 aliphatic rings. The lowest BCUT2D eigenvalue weighted by atomic mass is 9.85. The fraction of sp³-hybridized carbons (Fsp3) is 0.0227. The monoisotopic (exact) mass is 573 g/mol. The first-order chi connectivity index (χ1) is 22.2. The lowest BCUT2D eigenvalue weighted by molar-refractivity contribution is 1.33. The number of fused-ring (bicyclic) bond motifs is 2. The summed E-state index contributed by atoms with van der Waals surface area (Å²) in [5.74, 6) is 0. The summed E-state index contributed by atoms with van der Waals surface area (Å²) in [6.07, 6.45) is 10.3. The Hall–Kier alpha value is -5.79. The molecule has 0 amide bonds. The van der Waals surface area contributed by atoms with E-state index in [-0.39, 0.29) is 0 Å². The molecular weight excluding hydrogens is 542 g/mol. The van der Waals surface area contributed by atoms with E-state index in [9.17, 15) is 0 Å². The van der Waals surface area contributed by atoms with Crippen molar-refractivity contribution < 1.29 is 0 Å². The third-order valence-electron chi connectivity index (χ3n) is 9.08. The van der Waals surface area contributed by atoms with Crippen molar-refractivity contribution in [3.05, 3.63) is 176 Å². The quantitative estimate of drug-likeness (QED) is 0.110. The third kappa shape index (κ3) is 4.44. The Labute approximate surface area is 263 Å². The molecule has 0 saturated heterocycles. The molecule has 7 aromatic carbocycles. The van der Waals surface area contributed by atoms with E-state index >= 15 is 0 Å². The average Bonchev–Trinajstić information content (AvgIpc) is 3.11. The molecule has 1 aromatic heterocycles. The maximum atomic E-state index is 4.65. The smallest absolute Gasteiger partial charge is 0.0347 e. The molecule has 1 heterocycles. The second-order valence-electron chi connectivity index (χ2n) is 11.5. The molecule has 0 N–H and O–H groups in total. The van der Waals surface area contributed by atoms with E-state index in [2.05, 4.69) is 146 Å². The molecule has 1 nitrogen and oxygen atoms in total. The van der Waals surface area contributed by atoms with E-state index in [4.69, 9.17) is 0 Å². The lowest BCUT2D eigenvalue weighted by Crippen LogP contribution is -1.92. The van der Waals surface area contributed by atoms with Crippen molar-refractivity contribution in [1.82, 2.24) is 4.98 Å². The van der Waals surface area contributed by atoms with E-state index in [1.165, 1.54) is 65.4 Å². The number of aromatic nitrogens is 1. The topological polar surface area (TPSA) is 12.9 Å². The molecule has 8 aromatic rings. The minimum Gasteiger partial charge on any atom is -0.263 e. The van der Waals surface area contributed by atoms with Crippen LogP contribution in [-0.4, -0.2) is 4.98 Å². The van der Waals surface area contributed by atoms with Crippen LogP contribution in [0.4, 0.5) is 0 Å². The van der Waals surface area contributed by atoms with Crippen LogP contribution in [0.5, 0.6) is 0 Å². The number of hydrogen-bond donors (Lipinski definition) is 0. The Kier molecular flexibility index (Phi) is 6.58. The molecule has 0 bridgehead atoms. The molecule has 0 fully saturated rings. The zero-order chi connectivity index (χ0) is 30.3. The molecule has 8 rings (SSSR count). The Morgan fingerprint density at radius 3 is 1.84 bits per heavy atom. The zero-order valence-corrected chi connectivity index (χ0v) is 25.2. The number of allylic oxidation sites excluding steroid dienone is 5. The third-order valence-corrected chi connectivity index (χ3v) is 9.08. The van der Waals surface area contributed by atoms with Crippen LogP contribution in [0, 0.1) is 0 Å². The summed E-state index contributed by atoms with van der Waals surface area (Å²) < 4.78 is 0. The first kappa shape index (κ1) is 26.8. The van der Waals surface area contributed by atoms with Crippen LogP contribution in [0.15, 0.2) is 165 Å². The molecule has 212 valence electrons. The van der Waals surface area contributed by atoms with Gasteiger partial charge < -0.3 is 0 Å². The second kappa shape index (κ2) is 11.0. The van der Waals surface area contributed by atoms with Gasteiger partial charge in [0, 0.05) is 23.5 Å². The molecule has 0 saturated carbocycles. The second-order valence-corrected chi connectivity index (χ2v) is 11.5. The first-order valence-electron chi connectivity index (χ1n) is 15.4. The van der Waals surface area contributed by atoms with E-state index in [0.29, 0.717) is 0 Å². The van der Waals surface area contributed by atoms with Crippen LogP contribution < -0.4 is 0 Å². The van der Waals surface area contributed by atoms with Gasteiger partial charge in [-0.05, 0) is 95.6 Å². The molecule has 1 heteroatoms. The van der Waals surface area contributed by atoms with Gasteiger partial charge in [0.15, 0.2) is 0 Å². The van der Waals surface area contributed by atoms with Crippen LogP contribution in [0.2, 0.25) is 0 Å². The highest BCUT2D eigenvalue weighted by molar-refractivity contribution is 6.34. The van der Waals surface area contributed by atoms with Crippen molar-refractivity contribution in [3.63, 3.8) is 0 Å². The Morgan fingerprint density at radius 1 is 0.533 bits per heavy atom. The van der Waals surface area contributed by atoms with Crippen molar-refractivity contribution in [2.75, 3.05) is 0 Å². The van der Waals surface area contributed by atoms with E-state index in [0.717, 1.165) is 22.3 Å². The number of hydrogen-bond acceptors (Lipinski definition) is 1. The molecule has 0 spiro atoms. The maximum Gasteiger partial charge on any atom is 0.0347 e. The van der Waals surface area contributed by atoms with E-state index < -0.39 is 0 Å². The van der Waals surface area contributed by atoms with Crippen LogP contribution in [0.1, 0.15) is 18.1 Å². The van der Waals surface area contributed by atoms with Crippen LogP contribution in [-0.2, 0) is 0 Å². The minimum atomic E-state index is 1.11. The zero-order valence-electron chi connectivity index (χ0n) is 25.2. The maximum absolute atomic E-state index is 4.65. The van der Waals surface area contributed by atoms with Crippen molar-refractivity contribution in [2.24, 2.45) is 0 Å². The molecule has 45 heavy (non-hydrogen) atoms. The summed E-state index contributed by atoms with van der Waals surface area (Å²) in [6.45, 7) is 6.25. The minimum absolute atomic E-state index is 1.11. The van der Waals surface area contributed by atoms with Gasteiger partial charge in [-0.2, -0.15) is 0 Å². The lowest BCUT2D eigenvalue weighted by Gasteiger charge is -2.18. The SMILES string of the molecule is C=C/C(=C\C(=C/C)c1ccc2c3cccc4c(-c5cncc(-c6ccccc6)c5)ccc(c5cccc1c25)c43)c1ccccc1. The summed E-state index contributed by atoms with van der Waals surface area (Å²) in [5.41, 5.74) is 9.30. The van der Waals surface area contributed by atoms with Gasteiger partial charge in [0.1, 0.15) is 0 Å². The van der Waals surface area contributed by atoms with Gasteiger partial charge >= 0.3 is 0 Å².